The highest BCUT2D eigenvalue weighted by Gasteiger charge is 2.26. The van der Waals surface area contributed by atoms with Crippen LogP contribution in [0, 0.1) is 0 Å². The second-order valence-corrected chi connectivity index (χ2v) is 5.65. The highest BCUT2D eigenvalue weighted by atomic mass is 35.5. The van der Waals surface area contributed by atoms with Crippen LogP contribution in [-0.2, 0) is 0 Å². The lowest BCUT2D eigenvalue weighted by atomic mass is 9.91. The van der Waals surface area contributed by atoms with Gasteiger partial charge >= 0.3 is 0 Å². The molecule has 0 heterocycles. The maximum absolute atomic E-state index is 12.2. The summed E-state index contributed by atoms with van der Waals surface area (Å²) in [4.78, 5) is 14.3. The van der Waals surface area contributed by atoms with Gasteiger partial charge in [0.05, 0.1) is 23.2 Å². The van der Waals surface area contributed by atoms with E-state index in [-0.39, 0.29) is 12.4 Å². The van der Waals surface area contributed by atoms with E-state index in [0.29, 0.717) is 34.7 Å². The smallest absolute Gasteiger partial charge is 0.176 e. The number of aliphatic hydroxyl groups is 1. The summed E-state index contributed by atoms with van der Waals surface area (Å²) in [5.41, 5.74) is 0.566. The molecule has 2 rings (SSSR count). The molecule has 1 N–H and O–H groups in total. The fourth-order valence-electron chi connectivity index (χ4n) is 2.22. The maximum Gasteiger partial charge on any atom is 0.176 e. The zero-order valence-corrected chi connectivity index (χ0v) is 12.1. The van der Waals surface area contributed by atoms with Crippen molar-refractivity contribution in [1.82, 2.24) is 4.90 Å². The van der Waals surface area contributed by atoms with Crippen molar-refractivity contribution in [3.8, 4) is 0 Å². The Balaban J connectivity index is 2.03. The number of nitrogens with zero attached hydrogens (tertiary/aromatic N) is 1. The molecule has 0 radical (unpaired) electrons. The van der Waals surface area contributed by atoms with E-state index in [1.165, 1.54) is 6.42 Å². The molecule has 3 nitrogen and oxygen atoms in total. The van der Waals surface area contributed by atoms with Gasteiger partial charge in [0.25, 0.3) is 0 Å². The summed E-state index contributed by atoms with van der Waals surface area (Å²) in [6, 6.07) is 5.36. The lowest BCUT2D eigenvalue weighted by Crippen LogP contribution is -2.44. The first-order valence-corrected chi connectivity index (χ1v) is 7.20. The lowest BCUT2D eigenvalue weighted by Gasteiger charge is -2.36. The van der Waals surface area contributed by atoms with Crippen molar-refractivity contribution in [1.29, 1.82) is 0 Å². The van der Waals surface area contributed by atoms with Gasteiger partial charge in [-0.1, -0.05) is 29.6 Å². The minimum atomic E-state index is 0.0129. The SMILES string of the molecule is O=C(CN(CCO)C1CCC1)c1ccc(Cl)c(Cl)c1. The Bertz CT molecular complexity index is 461. The normalized spacial score (nSPS) is 15.6. The third-order valence-corrected chi connectivity index (χ3v) is 4.31. The monoisotopic (exact) mass is 301 g/mol. The molecule has 19 heavy (non-hydrogen) atoms. The largest absolute Gasteiger partial charge is 0.395 e. The van der Waals surface area contributed by atoms with Crippen LogP contribution >= 0.6 is 23.2 Å². The van der Waals surface area contributed by atoms with Crippen molar-refractivity contribution in [2.24, 2.45) is 0 Å². The van der Waals surface area contributed by atoms with Crippen molar-refractivity contribution < 1.29 is 9.90 Å². The molecular weight excluding hydrogens is 285 g/mol. The predicted octanol–water partition coefficient (Wildman–Crippen LogP) is 3.02. The van der Waals surface area contributed by atoms with Crippen LogP contribution in [0.3, 0.4) is 0 Å². The van der Waals surface area contributed by atoms with Crippen molar-refractivity contribution in [2.45, 2.75) is 25.3 Å². The average Bonchev–Trinajstić information content (AvgIpc) is 2.30. The van der Waals surface area contributed by atoms with E-state index in [1.807, 2.05) is 4.90 Å². The van der Waals surface area contributed by atoms with E-state index in [4.69, 9.17) is 28.3 Å². The third-order valence-electron chi connectivity index (χ3n) is 3.57. The van der Waals surface area contributed by atoms with E-state index in [1.54, 1.807) is 18.2 Å². The number of rotatable bonds is 6. The van der Waals surface area contributed by atoms with Gasteiger partial charge in [-0.25, -0.2) is 0 Å². The zero-order chi connectivity index (χ0) is 13.8. The Morgan fingerprint density at radius 3 is 2.58 bits per heavy atom. The van der Waals surface area contributed by atoms with Crippen LogP contribution in [0.4, 0.5) is 0 Å². The first kappa shape index (κ1) is 14.8. The van der Waals surface area contributed by atoms with Crippen molar-refractivity contribution in [3.05, 3.63) is 33.8 Å². The number of Topliss-reactive ketones (excluding diaryl/α,β-unsaturated/α-hetero) is 1. The summed E-state index contributed by atoms with van der Waals surface area (Å²) >= 11 is 11.8. The molecule has 0 atom stereocenters. The van der Waals surface area contributed by atoms with Gasteiger partial charge in [-0.15, -0.1) is 0 Å². The second-order valence-electron chi connectivity index (χ2n) is 4.83. The summed E-state index contributed by atoms with van der Waals surface area (Å²) in [5.74, 6) is 0.0129. The molecule has 1 aliphatic rings. The maximum atomic E-state index is 12.2. The molecule has 0 spiro atoms. The third kappa shape index (κ3) is 3.69. The summed E-state index contributed by atoms with van der Waals surface area (Å²) in [5, 5.41) is 9.92. The summed E-state index contributed by atoms with van der Waals surface area (Å²) < 4.78 is 0. The van der Waals surface area contributed by atoms with E-state index >= 15 is 0 Å². The highest BCUT2D eigenvalue weighted by Crippen LogP contribution is 2.26. The minimum Gasteiger partial charge on any atom is -0.395 e. The number of hydrogen-bond donors (Lipinski definition) is 1. The predicted molar refractivity (Wildman–Crippen MR) is 77.1 cm³/mol. The van der Waals surface area contributed by atoms with Crippen molar-refractivity contribution in [2.75, 3.05) is 19.7 Å². The molecule has 104 valence electrons. The number of hydrogen-bond acceptors (Lipinski definition) is 3. The topological polar surface area (TPSA) is 40.5 Å². The molecule has 0 amide bonds. The van der Waals surface area contributed by atoms with Crippen LogP contribution in [0.1, 0.15) is 29.6 Å². The molecule has 0 unspecified atom stereocenters. The molecule has 1 saturated carbocycles. The van der Waals surface area contributed by atoms with E-state index in [0.717, 1.165) is 12.8 Å². The molecule has 0 aromatic heterocycles. The molecule has 1 aromatic rings. The Morgan fingerprint density at radius 2 is 2.05 bits per heavy atom. The van der Waals surface area contributed by atoms with Gasteiger partial charge < -0.3 is 5.11 Å². The number of benzene rings is 1. The van der Waals surface area contributed by atoms with Gasteiger partial charge in [0.15, 0.2) is 5.78 Å². The Kier molecular flexibility index (Phi) is 5.22. The fourth-order valence-corrected chi connectivity index (χ4v) is 2.51. The highest BCUT2D eigenvalue weighted by molar-refractivity contribution is 6.42. The standard InChI is InChI=1S/C14H17Cl2NO2/c15-12-5-4-10(8-13(12)16)14(19)9-17(6-7-18)11-2-1-3-11/h4-5,8,11,18H,1-3,6-7,9H2. The summed E-state index contributed by atoms with van der Waals surface area (Å²) in [7, 11) is 0. The molecular formula is C14H17Cl2NO2. The lowest BCUT2D eigenvalue weighted by molar-refractivity contribution is 0.0747. The molecule has 0 aliphatic heterocycles. The van der Waals surface area contributed by atoms with E-state index < -0.39 is 0 Å². The Hall–Kier alpha value is -0.610. The van der Waals surface area contributed by atoms with Crippen LogP contribution in [0.15, 0.2) is 18.2 Å². The molecule has 1 aliphatic carbocycles. The zero-order valence-electron chi connectivity index (χ0n) is 10.6. The van der Waals surface area contributed by atoms with Crippen molar-refractivity contribution in [3.63, 3.8) is 0 Å². The quantitative estimate of drug-likeness (QED) is 0.821. The number of ketones is 1. The average molecular weight is 302 g/mol. The van der Waals surface area contributed by atoms with Crippen LogP contribution < -0.4 is 0 Å². The molecule has 1 fully saturated rings. The Morgan fingerprint density at radius 1 is 1.32 bits per heavy atom. The van der Waals surface area contributed by atoms with E-state index in [9.17, 15) is 4.79 Å². The van der Waals surface area contributed by atoms with Crippen LogP contribution in [0.2, 0.25) is 10.0 Å². The number of carbonyl (C=O) groups is 1. The number of halogens is 2. The van der Waals surface area contributed by atoms with Gasteiger partial charge in [-0.05, 0) is 31.0 Å². The van der Waals surface area contributed by atoms with Gasteiger partial charge in [-0.3, -0.25) is 9.69 Å². The first-order chi connectivity index (χ1) is 9.11. The molecule has 0 bridgehead atoms. The number of aliphatic hydroxyl groups excluding tert-OH is 1. The second kappa shape index (κ2) is 6.71. The van der Waals surface area contributed by atoms with Crippen LogP contribution in [0.5, 0.6) is 0 Å². The van der Waals surface area contributed by atoms with Gasteiger partial charge in [0, 0.05) is 18.2 Å². The fraction of sp³-hybridized carbons (Fsp3) is 0.500. The Labute approximate surface area is 123 Å². The van der Waals surface area contributed by atoms with Gasteiger partial charge in [0.1, 0.15) is 0 Å². The first-order valence-electron chi connectivity index (χ1n) is 6.45. The van der Waals surface area contributed by atoms with Crippen LogP contribution in [0.25, 0.3) is 0 Å². The summed E-state index contributed by atoms with van der Waals surface area (Å²) in [6.45, 7) is 0.937. The van der Waals surface area contributed by atoms with Gasteiger partial charge in [0.2, 0.25) is 0 Å². The number of carbonyl (C=O) groups excluding carboxylic acids is 1. The molecule has 5 heteroatoms. The van der Waals surface area contributed by atoms with Crippen molar-refractivity contribution >= 4 is 29.0 Å². The van der Waals surface area contributed by atoms with Gasteiger partial charge in [-0.2, -0.15) is 0 Å². The minimum absolute atomic E-state index is 0.0129. The molecule has 1 aromatic carbocycles. The van der Waals surface area contributed by atoms with E-state index in [2.05, 4.69) is 0 Å². The van der Waals surface area contributed by atoms with Crippen LogP contribution in [-0.4, -0.2) is 41.5 Å². The summed E-state index contributed by atoms with van der Waals surface area (Å²) in [6.07, 6.45) is 3.41. The molecule has 0 saturated heterocycles.